The number of hydrogen-bond donors (Lipinski definition) is 0. The normalized spacial score (nSPS) is 13.9. The van der Waals surface area contributed by atoms with Gasteiger partial charge in [0.05, 0.1) is 5.69 Å². The first-order valence-corrected chi connectivity index (χ1v) is 6.82. The van der Waals surface area contributed by atoms with Gasteiger partial charge in [0.15, 0.2) is 5.69 Å². The highest BCUT2D eigenvalue weighted by Gasteiger charge is 2.41. The van der Waals surface area contributed by atoms with E-state index >= 15 is 0 Å². The highest BCUT2D eigenvalue weighted by Crippen LogP contribution is 2.39. The van der Waals surface area contributed by atoms with E-state index in [-0.39, 0.29) is 11.3 Å². The second kappa shape index (κ2) is 5.04. The Bertz CT molecular complexity index is 696. The van der Waals surface area contributed by atoms with Gasteiger partial charge in [-0.05, 0) is 0 Å². The average Bonchev–Trinajstić information content (AvgIpc) is 2.64. The second-order valence-electron chi connectivity index (χ2n) is 5.56. The van der Waals surface area contributed by atoms with Crippen LogP contribution in [0.4, 0.5) is 26.3 Å². The minimum absolute atomic E-state index is 0.223. The summed E-state index contributed by atoms with van der Waals surface area (Å²) in [5.74, 6) is 0. The summed E-state index contributed by atoms with van der Waals surface area (Å²) in [4.78, 5) is 7.29. The van der Waals surface area contributed by atoms with Crippen molar-refractivity contribution in [2.75, 3.05) is 0 Å². The number of aromatic nitrogens is 3. The molecule has 0 spiro atoms. The topological polar surface area (TPSA) is 30.2 Å². The molecule has 0 amide bonds. The van der Waals surface area contributed by atoms with Crippen molar-refractivity contribution in [2.24, 2.45) is 0 Å². The first-order valence-electron chi connectivity index (χ1n) is 6.00. The van der Waals surface area contributed by atoms with Gasteiger partial charge < -0.3 is 0 Å². The lowest BCUT2D eigenvalue weighted by Crippen LogP contribution is -2.20. The molecule has 2 aromatic heterocycles. The standard InChI is InChI=1S/C12H11F6N3S/c1-10(2,3)8-9(11(13,14)15)21-5-19-7(4-6(21)20-8)22-12(16,17)18/h4-5H,1-3H3. The number of thioether (sulfide) groups is 1. The Morgan fingerprint density at radius 3 is 2.09 bits per heavy atom. The third kappa shape index (κ3) is 3.47. The van der Waals surface area contributed by atoms with E-state index in [4.69, 9.17) is 0 Å². The van der Waals surface area contributed by atoms with E-state index in [0.29, 0.717) is 10.7 Å². The molecule has 0 unspecified atom stereocenters. The second-order valence-corrected chi connectivity index (χ2v) is 6.65. The molecule has 0 aliphatic heterocycles. The largest absolute Gasteiger partial charge is 0.447 e. The van der Waals surface area contributed by atoms with Crippen LogP contribution >= 0.6 is 11.8 Å². The van der Waals surface area contributed by atoms with Crippen LogP contribution in [-0.2, 0) is 11.6 Å². The Kier molecular flexibility index (Phi) is 3.87. The van der Waals surface area contributed by atoms with Crippen molar-refractivity contribution in [3.8, 4) is 0 Å². The Morgan fingerprint density at radius 2 is 1.64 bits per heavy atom. The van der Waals surface area contributed by atoms with Gasteiger partial charge in [0.1, 0.15) is 17.0 Å². The minimum atomic E-state index is -4.69. The lowest BCUT2D eigenvalue weighted by Gasteiger charge is -2.19. The van der Waals surface area contributed by atoms with Crippen LogP contribution in [0.5, 0.6) is 0 Å². The molecule has 0 aliphatic rings. The highest BCUT2D eigenvalue weighted by atomic mass is 32.2. The van der Waals surface area contributed by atoms with Gasteiger partial charge in [-0.1, -0.05) is 20.8 Å². The monoisotopic (exact) mass is 343 g/mol. The third-order valence-electron chi connectivity index (χ3n) is 2.69. The van der Waals surface area contributed by atoms with Crippen molar-refractivity contribution < 1.29 is 26.3 Å². The van der Waals surface area contributed by atoms with Crippen LogP contribution in [-0.4, -0.2) is 19.9 Å². The van der Waals surface area contributed by atoms with Crippen LogP contribution in [0.2, 0.25) is 0 Å². The van der Waals surface area contributed by atoms with Crippen LogP contribution in [0.25, 0.3) is 5.65 Å². The van der Waals surface area contributed by atoms with Crippen LogP contribution in [0, 0.1) is 0 Å². The van der Waals surface area contributed by atoms with E-state index < -0.39 is 39.6 Å². The summed E-state index contributed by atoms with van der Waals surface area (Å²) in [6.07, 6.45) is -3.98. The molecule has 0 aromatic carbocycles. The van der Waals surface area contributed by atoms with E-state index in [1.165, 1.54) is 0 Å². The first-order chi connectivity index (χ1) is 9.79. The van der Waals surface area contributed by atoms with E-state index in [2.05, 4.69) is 9.97 Å². The summed E-state index contributed by atoms with van der Waals surface area (Å²) in [6.45, 7) is 4.63. The summed E-state index contributed by atoms with van der Waals surface area (Å²) in [6, 6.07) is 0.892. The van der Waals surface area contributed by atoms with Crippen molar-refractivity contribution in [3.63, 3.8) is 0 Å². The predicted molar refractivity (Wildman–Crippen MR) is 68.6 cm³/mol. The maximum absolute atomic E-state index is 13.2. The van der Waals surface area contributed by atoms with Crippen LogP contribution in [0.3, 0.4) is 0 Å². The molecule has 3 nitrogen and oxygen atoms in total. The SMILES string of the molecule is CC(C)(C)c1nc2cc(SC(F)(F)F)ncn2c1C(F)(F)F. The first kappa shape index (κ1) is 16.9. The maximum Gasteiger partial charge on any atom is 0.447 e. The number of fused-ring (bicyclic) bond motifs is 1. The molecule has 22 heavy (non-hydrogen) atoms. The molecule has 0 bridgehead atoms. The zero-order chi connectivity index (χ0) is 16.9. The molecule has 0 atom stereocenters. The van der Waals surface area contributed by atoms with Gasteiger partial charge in [0, 0.05) is 23.2 Å². The van der Waals surface area contributed by atoms with Crippen molar-refractivity contribution in [1.82, 2.24) is 14.4 Å². The van der Waals surface area contributed by atoms with Crippen molar-refractivity contribution in [1.29, 1.82) is 0 Å². The Morgan fingerprint density at radius 1 is 1.05 bits per heavy atom. The minimum Gasteiger partial charge on any atom is -0.279 e. The molecule has 0 fully saturated rings. The molecule has 10 heteroatoms. The number of halogens is 6. The average molecular weight is 343 g/mol. The van der Waals surface area contributed by atoms with E-state index in [0.717, 1.165) is 6.07 Å². The number of imidazole rings is 1. The molecule has 0 N–H and O–H groups in total. The van der Waals surface area contributed by atoms with Gasteiger partial charge in [-0.3, -0.25) is 4.40 Å². The zero-order valence-electron chi connectivity index (χ0n) is 11.7. The van der Waals surface area contributed by atoms with E-state index in [9.17, 15) is 26.3 Å². The summed E-state index contributed by atoms with van der Waals surface area (Å²) < 4.78 is 77.3. The van der Waals surface area contributed by atoms with Crippen LogP contribution < -0.4 is 0 Å². The van der Waals surface area contributed by atoms with Gasteiger partial charge in [-0.2, -0.15) is 26.3 Å². The molecular weight excluding hydrogens is 332 g/mol. The fraction of sp³-hybridized carbons (Fsp3) is 0.500. The lowest BCUT2D eigenvalue weighted by atomic mass is 9.90. The smallest absolute Gasteiger partial charge is 0.279 e. The quantitative estimate of drug-likeness (QED) is 0.429. The summed E-state index contributed by atoms with van der Waals surface area (Å²) >= 11 is -0.500. The number of hydrogen-bond acceptors (Lipinski definition) is 3. The molecule has 0 saturated heterocycles. The van der Waals surface area contributed by atoms with Gasteiger partial charge in [0.2, 0.25) is 0 Å². The summed E-state index contributed by atoms with van der Waals surface area (Å²) in [7, 11) is 0. The molecule has 0 saturated carbocycles. The summed E-state index contributed by atoms with van der Waals surface area (Å²) in [5.41, 5.74) is -6.98. The van der Waals surface area contributed by atoms with Crippen molar-refractivity contribution in [2.45, 2.75) is 42.9 Å². The third-order valence-corrected chi connectivity index (χ3v) is 3.35. The lowest BCUT2D eigenvalue weighted by molar-refractivity contribution is -0.143. The highest BCUT2D eigenvalue weighted by molar-refractivity contribution is 8.00. The van der Waals surface area contributed by atoms with Gasteiger partial charge in [0.25, 0.3) is 0 Å². The van der Waals surface area contributed by atoms with Crippen LogP contribution in [0.1, 0.15) is 32.2 Å². The van der Waals surface area contributed by atoms with E-state index in [1.54, 1.807) is 20.8 Å². The van der Waals surface area contributed by atoms with Crippen LogP contribution in [0.15, 0.2) is 17.4 Å². The van der Waals surface area contributed by atoms with Gasteiger partial charge >= 0.3 is 11.7 Å². The molecule has 2 aromatic rings. The van der Waals surface area contributed by atoms with Crippen molar-refractivity contribution in [3.05, 3.63) is 23.8 Å². The van der Waals surface area contributed by atoms with Gasteiger partial charge in [-0.15, -0.1) is 0 Å². The van der Waals surface area contributed by atoms with E-state index in [1.807, 2.05) is 0 Å². The Hall–Kier alpha value is -1.45. The molecular formula is C12H11F6N3S. The molecule has 2 heterocycles. The molecule has 122 valence electrons. The summed E-state index contributed by atoms with van der Waals surface area (Å²) in [5, 5.41) is -0.459. The number of nitrogens with zero attached hydrogens (tertiary/aromatic N) is 3. The molecule has 2 rings (SSSR count). The Balaban J connectivity index is 2.66. The Labute approximate surface area is 125 Å². The number of rotatable bonds is 1. The molecule has 0 aliphatic carbocycles. The predicted octanol–water partition coefficient (Wildman–Crippen LogP) is 4.66. The number of alkyl halides is 6. The fourth-order valence-electron chi connectivity index (χ4n) is 1.90. The van der Waals surface area contributed by atoms with Gasteiger partial charge in [-0.25, -0.2) is 9.97 Å². The zero-order valence-corrected chi connectivity index (χ0v) is 12.5. The van der Waals surface area contributed by atoms with Crippen molar-refractivity contribution >= 4 is 17.4 Å². The maximum atomic E-state index is 13.2. The molecule has 0 radical (unpaired) electrons. The fourth-order valence-corrected chi connectivity index (χ4v) is 2.40.